The highest BCUT2D eigenvalue weighted by atomic mass is 14.9. The van der Waals surface area contributed by atoms with Gasteiger partial charge in [0, 0.05) is 16.7 Å². The van der Waals surface area contributed by atoms with Gasteiger partial charge in [0.15, 0.2) is 5.82 Å². The zero-order valence-electron chi connectivity index (χ0n) is 26.7. The summed E-state index contributed by atoms with van der Waals surface area (Å²) in [6, 6.07) is 65.3. The molecule has 0 N–H and O–H groups in total. The molecule has 0 fully saturated rings. The number of fused-ring (bicyclic) bond motifs is 10. The maximum Gasteiger partial charge on any atom is 0.161 e. The van der Waals surface area contributed by atoms with Gasteiger partial charge in [0.2, 0.25) is 0 Å². The van der Waals surface area contributed by atoms with E-state index in [0.29, 0.717) is 5.82 Å². The molecule has 10 rings (SSSR count). The van der Waals surface area contributed by atoms with Gasteiger partial charge >= 0.3 is 0 Å². The van der Waals surface area contributed by atoms with E-state index in [4.69, 9.17) is 9.97 Å². The monoisotopic (exact) mass is 622 g/mol. The molecule has 2 heteroatoms. The molecular weight excluding hydrogens is 593 g/mol. The number of aromatic nitrogens is 2. The summed E-state index contributed by atoms with van der Waals surface area (Å²) in [4.78, 5) is 10.5. The van der Waals surface area contributed by atoms with Gasteiger partial charge in [0.25, 0.3) is 0 Å². The molecular formula is C47H30N2. The van der Waals surface area contributed by atoms with E-state index in [-0.39, 0.29) is 0 Å². The number of nitrogens with zero attached hydrogens (tertiary/aromatic N) is 2. The van der Waals surface area contributed by atoms with Crippen LogP contribution in [0.2, 0.25) is 0 Å². The molecule has 0 bridgehead atoms. The van der Waals surface area contributed by atoms with Gasteiger partial charge < -0.3 is 0 Å². The van der Waals surface area contributed by atoms with Crippen molar-refractivity contribution in [3.8, 4) is 67.3 Å². The fourth-order valence-electron chi connectivity index (χ4n) is 8.36. The van der Waals surface area contributed by atoms with Crippen molar-refractivity contribution in [1.29, 1.82) is 0 Å². The van der Waals surface area contributed by atoms with Crippen molar-refractivity contribution >= 4 is 0 Å². The van der Waals surface area contributed by atoms with Gasteiger partial charge in [0.1, 0.15) is 0 Å². The molecule has 2 aliphatic rings. The Hall–Kier alpha value is -6.38. The summed E-state index contributed by atoms with van der Waals surface area (Å²) in [6.45, 7) is 0. The summed E-state index contributed by atoms with van der Waals surface area (Å²) in [5.74, 6) is 0.714. The van der Waals surface area contributed by atoms with E-state index in [1.165, 1.54) is 50.1 Å². The van der Waals surface area contributed by atoms with Crippen LogP contribution < -0.4 is 0 Å². The first kappa shape index (κ1) is 27.7. The molecule has 1 aromatic heterocycles. The van der Waals surface area contributed by atoms with E-state index in [9.17, 15) is 0 Å². The van der Waals surface area contributed by atoms with Crippen LogP contribution in [-0.4, -0.2) is 9.97 Å². The molecule has 0 saturated carbocycles. The lowest BCUT2D eigenvalue weighted by Crippen LogP contribution is -2.25. The average molecular weight is 623 g/mol. The van der Waals surface area contributed by atoms with Gasteiger partial charge in [-0.15, -0.1) is 0 Å². The smallest absolute Gasteiger partial charge is 0.161 e. The molecule has 0 saturated heterocycles. The minimum Gasteiger partial charge on any atom is -0.228 e. The first-order valence-corrected chi connectivity index (χ1v) is 16.8. The van der Waals surface area contributed by atoms with Crippen LogP contribution in [-0.2, 0) is 5.41 Å². The normalized spacial score (nSPS) is 13.1. The van der Waals surface area contributed by atoms with Crippen molar-refractivity contribution in [3.63, 3.8) is 0 Å². The Balaban J connectivity index is 1.24. The second-order valence-electron chi connectivity index (χ2n) is 12.9. The van der Waals surface area contributed by atoms with Crippen LogP contribution in [0.4, 0.5) is 0 Å². The molecule has 2 aliphatic carbocycles. The largest absolute Gasteiger partial charge is 0.228 e. The molecule has 2 nitrogen and oxygen atoms in total. The van der Waals surface area contributed by atoms with E-state index in [2.05, 4.69) is 170 Å². The van der Waals surface area contributed by atoms with Crippen LogP contribution in [0, 0.1) is 0 Å². The van der Waals surface area contributed by atoms with Crippen LogP contribution in [0.3, 0.4) is 0 Å². The Morgan fingerprint density at radius 1 is 0.306 bits per heavy atom. The Kier molecular flexibility index (Phi) is 6.13. The van der Waals surface area contributed by atoms with Crippen molar-refractivity contribution in [2.75, 3.05) is 0 Å². The van der Waals surface area contributed by atoms with Gasteiger partial charge in [-0.2, -0.15) is 0 Å². The Bertz CT molecular complexity index is 2450. The zero-order chi connectivity index (χ0) is 32.4. The van der Waals surface area contributed by atoms with E-state index < -0.39 is 5.41 Å². The summed E-state index contributed by atoms with van der Waals surface area (Å²) in [5.41, 5.74) is 17.4. The molecule has 0 atom stereocenters. The molecule has 7 aromatic carbocycles. The molecule has 8 aromatic rings. The van der Waals surface area contributed by atoms with Gasteiger partial charge in [-0.25, -0.2) is 9.97 Å². The Morgan fingerprint density at radius 3 is 1.29 bits per heavy atom. The van der Waals surface area contributed by atoms with E-state index in [0.717, 1.165) is 33.6 Å². The molecule has 1 spiro atoms. The average Bonchev–Trinajstić information content (AvgIpc) is 3.66. The zero-order valence-corrected chi connectivity index (χ0v) is 26.7. The van der Waals surface area contributed by atoms with Crippen molar-refractivity contribution in [1.82, 2.24) is 9.97 Å². The van der Waals surface area contributed by atoms with E-state index >= 15 is 0 Å². The SMILES string of the molecule is c1ccc(-c2cc(-c3ccccc3)nc(-c3ccccc3-c3cccc4c3-c3ccccc3C43c4ccccc4-c4ccccc43)n2)cc1. The second kappa shape index (κ2) is 10.8. The van der Waals surface area contributed by atoms with Gasteiger partial charge in [-0.05, 0) is 61.7 Å². The molecule has 0 aliphatic heterocycles. The lowest BCUT2D eigenvalue weighted by atomic mass is 9.70. The molecule has 1 heterocycles. The second-order valence-corrected chi connectivity index (χ2v) is 12.9. The first-order valence-electron chi connectivity index (χ1n) is 16.8. The predicted molar refractivity (Wildman–Crippen MR) is 200 cm³/mol. The van der Waals surface area contributed by atoms with E-state index in [1.54, 1.807) is 0 Å². The van der Waals surface area contributed by atoms with Crippen molar-refractivity contribution in [2.24, 2.45) is 0 Å². The maximum absolute atomic E-state index is 5.24. The molecule has 0 radical (unpaired) electrons. The predicted octanol–water partition coefficient (Wildman–Crippen LogP) is 11.5. The van der Waals surface area contributed by atoms with Crippen LogP contribution in [0.25, 0.3) is 67.3 Å². The highest BCUT2D eigenvalue weighted by Crippen LogP contribution is 2.64. The summed E-state index contributed by atoms with van der Waals surface area (Å²) >= 11 is 0. The molecule has 49 heavy (non-hydrogen) atoms. The molecule has 0 amide bonds. The maximum atomic E-state index is 5.24. The minimum atomic E-state index is -0.395. The number of hydrogen-bond acceptors (Lipinski definition) is 2. The van der Waals surface area contributed by atoms with E-state index in [1.807, 2.05) is 12.1 Å². The minimum absolute atomic E-state index is 0.395. The van der Waals surface area contributed by atoms with Gasteiger partial charge in [0.05, 0.1) is 16.8 Å². The van der Waals surface area contributed by atoms with Crippen LogP contribution >= 0.6 is 0 Å². The lowest BCUT2D eigenvalue weighted by Gasteiger charge is -2.30. The Morgan fingerprint density at radius 2 is 0.714 bits per heavy atom. The highest BCUT2D eigenvalue weighted by molar-refractivity contribution is 6.01. The van der Waals surface area contributed by atoms with Crippen molar-refractivity contribution in [3.05, 3.63) is 204 Å². The summed E-state index contributed by atoms with van der Waals surface area (Å²) in [7, 11) is 0. The van der Waals surface area contributed by atoms with Crippen molar-refractivity contribution in [2.45, 2.75) is 5.41 Å². The standard InChI is InChI=1S/C47H30N2/c1-3-16-31(17-4-1)43-30-44(32-18-5-2-6-19-32)49-46(48-43)37-23-8-7-20-33(37)36-25-15-29-42-45(36)38-24-11-14-28-41(38)47(42)39-26-12-9-21-34(39)35-22-10-13-27-40(35)47/h1-30H. The molecule has 0 unspecified atom stereocenters. The quantitative estimate of drug-likeness (QED) is 0.195. The lowest BCUT2D eigenvalue weighted by molar-refractivity contribution is 0.794. The van der Waals surface area contributed by atoms with Crippen LogP contribution in [0.15, 0.2) is 182 Å². The third-order valence-corrected chi connectivity index (χ3v) is 10.3. The topological polar surface area (TPSA) is 25.8 Å². The van der Waals surface area contributed by atoms with Gasteiger partial charge in [-0.1, -0.05) is 176 Å². The fourth-order valence-corrected chi connectivity index (χ4v) is 8.36. The van der Waals surface area contributed by atoms with Crippen LogP contribution in [0.5, 0.6) is 0 Å². The van der Waals surface area contributed by atoms with Crippen LogP contribution in [0.1, 0.15) is 22.3 Å². The highest BCUT2D eigenvalue weighted by Gasteiger charge is 2.52. The number of benzene rings is 7. The first-order chi connectivity index (χ1) is 24.3. The Labute approximate surface area is 286 Å². The molecule has 228 valence electrons. The van der Waals surface area contributed by atoms with Gasteiger partial charge in [-0.3, -0.25) is 0 Å². The summed E-state index contributed by atoms with van der Waals surface area (Å²) < 4.78 is 0. The third kappa shape index (κ3) is 4.01. The third-order valence-electron chi connectivity index (χ3n) is 10.3. The summed E-state index contributed by atoms with van der Waals surface area (Å²) in [6.07, 6.45) is 0. The number of hydrogen-bond donors (Lipinski definition) is 0. The summed E-state index contributed by atoms with van der Waals surface area (Å²) in [5, 5.41) is 0. The fraction of sp³-hybridized carbons (Fsp3) is 0.0213. The van der Waals surface area contributed by atoms with Crippen molar-refractivity contribution < 1.29 is 0 Å². The number of rotatable bonds is 4.